The van der Waals surface area contributed by atoms with Crippen LogP contribution in [0.1, 0.15) is 38.5 Å². The van der Waals surface area contributed by atoms with Gasteiger partial charge in [-0.15, -0.1) is 24.0 Å². The molecule has 1 saturated carbocycles. The standard InChI is InChI=1S/C20H36F3N5O.HI/c1-24-18(25-13-17-5-8-27(14-17)16-20(21,22)23)26-15-19(6-3-2-4-7-19)28-9-11-29-12-10-28;/h17H,2-16H2,1H3,(H2,24,25,26);1H. The summed E-state index contributed by atoms with van der Waals surface area (Å²) in [4.78, 5) is 8.43. The predicted molar refractivity (Wildman–Crippen MR) is 124 cm³/mol. The fourth-order valence-corrected chi connectivity index (χ4v) is 5.04. The monoisotopic (exact) mass is 547 g/mol. The molecule has 0 aromatic rings. The first kappa shape index (κ1) is 25.9. The first-order valence-corrected chi connectivity index (χ1v) is 11.0. The number of rotatable bonds is 6. The fourth-order valence-electron chi connectivity index (χ4n) is 5.04. The van der Waals surface area contributed by atoms with Crippen molar-refractivity contribution in [1.82, 2.24) is 20.4 Å². The number of alkyl halides is 3. The molecule has 3 aliphatic rings. The molecule has 0 aromatic heterocycles. The van der Waals surface area contributed by atoms with Gasteiger partial charge in [0.25, 0.3) is 0 Å². The van der Waals surface area contributed by atoms with E-state index in [0.717, 1.165) is 45.2 Å². The number of nitrogens with one attached hydrogen (secondary N) is 2. The number of halogens is 4. The first-order valence-electron chi connectivity index (χ1n) is 11.0. The second-order valence-electron chi connectivity index (χ2n) is 8.70. The maximum absolute atomic E-state index is 12.6. The van der Waals surface area contributed by atoms with Crippen LogP contribution in [-0.2, 0) is 4.74 Å². The van der Waals surface area contributed by atoms with Crippen molar-refractivity contribution in [2.75, 3.05) is 66.1 Å². The van der Waals surface area contributed by atoms with Gasteiger partial charge in [-0.2, -0.15) is 13.2 Å². The van der Waals surface area contributed by atoms with Crippen LogP contribution in [0.2, 0.25) is 0 Å². The highest BCUT2D eigenvalue weighted by molar-refractivity contribution is 14.0. The minimum atomic E-state index is -4.12. The summed E-state index contributed by atoms with van der Waals surface area (Å²) in [6.07, 6.45) is 2.85. The van der Waals surface area contributed by atoms with E-state index in [1.54, 1.807) is 7.05 Å². The number of aliphatic imine (C=N–C) groups is 1. The molecule has 30 heavy (non-hydrogen) atoms. The van der Waals surface area contributed by atoms with Gasteiger partial charge in [0.15, 0.2) is 5.96 Å². The van der Waals surface area contributed by atoms with Gasteiger partial charge in [-0.3, -0.25) is 14.8 Å². The average Bonchev–Trinajstić information content (AvgIpc) is 3.15. The summed E-state index contributed by atoms with van der Waals surface area (Å²) >= 11 is 0. The van der Waals surface area contributed by atoms with E-state index in [4.69, 9.17) is 4.74 Å². The van der Waals surface area contributed by atoms with Crippen LogP contribution in [-0.4, -0.2) is 93.5 Å². The number of hydrogen-bond acceptors (Lipinski definition) is 4. The highest BCUT2D eigenvalue weighted by Crippen LogP contribution is 2.33. The van der Waals surface area contributed by atoms with Gasteiger partial charge in [0.05, 0.1) is 19.8 Å². The zero-order valence-corrected chi connectivity index (χ0v) is 20.3. The summed E-state index contributed by atoms with van der Waals surface area (Å²) in [5.74, 6) is 0.969. The van der Waals surface area contributed by atoms with Crippen LogP contribution in [0.25, 0.3) is 0 Å². The molecule has 2 saturated heterocycles. The molecule has 3 fully saturated rings. The minimum absolute atomic E-state index is 0. The molecule has 176 valence electrons. The second kappa shape index (κ2) is 12.1. The molecule has 1 aliphatic carbocycles. The van der Waals surface area contributed by atoms with Crippen molar-refractivity contribution in [3.63, 3.8) is 0 Å². The van der Waals surface area contributed by atoms with Crippen LogP contribution in [0.15, 0.2) is 4.99 Å². The van der Waals surface area contributed by atoms with Crippen molar-refractivity contribution < 1.29 is 17.9 Å². The Bertz CT molecular complexity index is 537. The van der Waals surface area contributed by atoms with Crippen molar-refractivity contribution in [1.29, 1.82) is 0 Å². The Hall–Kier alpha value is -0.330. The molecule has 10 heteroatoms. The maximum Gasteiger partial charge on any atom is 0.401 e. The first-order chi connectivity index (χ1) is 13.9. The summed E-state index contributed by atoms with van der Waals surface area (Å²) < 4.78 is 43.3. The van der Waals surface area contributed by atoms with Crippen molar-refractivity contribution >= 4 is 29.9 Å². The van der Waals surface area contributed by atoms with Gasteiger partial charge in [0.1, 0.15) is 0 Å². The number of morpholine rings is 1. The van der Waals surface area contributed by atoms with Crippen LogP contribution in [0.3, 0.4) is 0 Å². The van der Waals surface area contributed by atoms with Crippen molar-refractivity contribution in [3.05, 3.63) is 0 Å². The lowest BCUT2D eigenvalue weighted by Crippen LogP contribution is -2.60. The molecule has 0 spiro atoms. The molecule has 0 amide bonds. The predicted octanol–water partition coefficient (Wildman–Crippen LogP) is 2.69. The zero-order valence-electron chi connectivity index (χ0n) is 18.0. The molecular weight excluding hydrogens is 510 g/mol. The number of nitrogens with zero attached hydrogens (tertiary/aromatic N) is 3. The molecule has 0 bridgehead atoms. The molecule has 2 heterocycles. The van der Waals surface area contributed by atoms with Gasteiger partial charge in [-0.25, -0.2) is 0 Å². The Morgan fingerprint density at radius 2 is 1.80 bits per heavy atom. The molecule has 6 nitrogen and oxygen atoms in total. The lowest BCUT2D eigenvalue weighted by molar-refractivity contribution is -0.143. The Balaban J connectivity index is 0.00000320. The SMILES string of the molecule is CN=C(NCC1CCN(CC(F)(F)F)C1)NCC1(N2CCOCC2)CCCCC1.I. The maximum atomic E-state index is 12.6. The Labute approximate surface area is 195 Å². The molecular formula is C20H37F3IN5O. The van der Waals surface area contributed by atoms with Gasteiger partial charge in [0.2, 0.25) is 0 Å². The van der Waals surface area contributed by atoms with Crippen LogP contribution in [0, 0.1) is 5.92 Å². The third-order valence-corrected chi connectivity index (χ3v) is 6.61. The van der Waals surface area contributed by atoms with Crippen LogP contribution >= 0.6 is 24.0 Å². The summed E-state index contributed by atoms with van der Waals surface area (Å²) in [6.45, 7) is 5.24. The molecule has 2 N–H and O–H groups in total. The van der Waals surface area contributed by atoms with E-state index in [1.807, 2.05) is 0 Å². The van der Waals surface area contributed by atoms with Gasteiger partial charge < -0.3 is 15.4 Å². The van der Waals surface area contributed by atoms with E-state index in [9.17, 15) is 13.2 Å². The summed E-state index contributed by atoms with van der Waals surface area (Å²) in [6, 6.07) is 0. The molecule has 3 rings (SSSR count). The van der Waals surface area contributed by atoms with Crippen molar-refractivity contribution in [2.24, 2.45) is 10.9 Å². The molecule has 0 aromatic carbocycles. The summed E-state index contributed by atoms with van der Waals surface area (Å²) in [5.41, 5.74) is 0.149. The highest BCUT2D eigenvalue weighted by atomic mass is 127. The number of ether oxygens (including phenoxy) is 1. The normalized spacial score (nSPS) is 26.3. The Morgan fingerprint density at radius 3 is 2.43 bits per heavy atom. The van der Waals surface area contributed by atoms with E-state index in [0.29, 0.717) is 19.6 Å². The lowest BCUT2D eigenvalue weighted by Gasteiger charge is -2.48. The van der Waals surface area contributed by atoms with Gasteiger partial charge in [-0.1, -0.05) is 19.3 Å². The Morgan fingerprint density at radius 1 is 1.10 bits per heavy atom. The lowest BCUT2D eigenvalue weighted by atomic mass is 9.80. The van der Waals surface area contributed by atoms with E-state index in [-0.39, 0.29) is 35.4 Å². The molecule has 1 unspecified atom stereocenters. The molecule has 1 atom stereocenters. The van der Waals surface area contributed by atoms with Gasteiger partial charge in [-0.05, 0) is 31.7 Å². The van der Waals surface area contributed by atoms with E-state index in [2.05, 4.69) is 20.5 Å². The average molecular weight is 547 g/mol. The third-order valence-electron chi connectivity index (χ3n) is 6.61. The summed E-state index contributed by atoms with van der Waals surface area (Å²) in [7, 11) is 1.75. The molecule has 0 radical (unpaired) electrons. The van der Waals surface area contributed by atoms with Gasteiger partial charge in [0, 0.05) is 45.3 Å². The number of guanidine groups is 1. The topological polar surface area (TPSA) is 52.1 Å². The van der Waals surface area contributed by atoms with E-state index >= 15 is 0 Å². The smallest absolute Gasteiger partial charge is 0.379 e. The quantitative estimate of drug-likeness (QED) is 0.305. The highest BCUT2D eigenvalue weighted by Gasteiger charge is 2.39. The van der Waals surface area contributed by atoms with Crippen LogP contribution in [0.4, 0.5) is 13.2 Å². The second-order valence-corrected chi connectivity index (χ2v) is 8.70. The minimum Gasteiger partial charge on any atom is -0.379 e. The fraction of sp³-hybridized carbons (Fsp3) is 0.950. The number of hydrogen-bond donors (Lipinski definition) is 2. The van der Waals surface area contributed by atoms with Crippen molar-refractivity contribution in [3.8, 4) is 0 Å². The van der Waals surface area contributed by atoms with Gasteiger partial charge >= 0.3 is 6.18 Å². The largest absolute Gasteiger partial charge is 0.401 e. The van der Waals surface area contributed by atoms with Crippen LogP contribution < -0.4 is 10.6 Å². The van der Waals surface area contributed by atoms with Crippen LogP contribution in [0.5, 0.6) is 0 Å². The summed E-state index contributed by atoms with van der Waals surface area (Å²) in [5, 5.41) is 6.86. The third kappa shape index (κ3) is 7.67. The zero-order chi connectivity index (χ0) is 20.7. The number of likely N-dealkylation sites (tertiary alicyclic amines) is 1. The molecule has 2 aliphatic heterocycles. The van der Waals surface area contributed by atoms with E-state index in [1.165, 1.54) is 37.0 Å². The van der Waals surface area contributed by atoms with E-state index < -0.39 is 12.7 Å². The Kier molecular flexibility index (Phi) is 10.4. The van der Waals surface area contributed by atoms with Crippen molar-refractivity contribution in [2.45, 2.75) is 50.2 Å².